The van der Waals surface area contributed by atoms with Gasteiger partial charge in [0.05, 0.1) is 12.2 Å². The van der Waals surface area contributed by atoms with Gasteiger partial charge in [-0.15, -0.1) is 0 Å². The van der Waals surface area contributed by atoms with Crippen molar-refractivity contribution in [3.05, 3.63) is 71.3 Å². The Balaban J connectivity index is 2.09. The van der Waals surface area contributed by atoms with Crippen molar-refractivity contribution >= 4 is 34.4 Å². The number of ketones is 1. The number of benzene rings is 3. The zero-order valence-electron chi connectivity index (χ0n) is 16.0. The van der Waals surface area contributed by atoms with E-state index in [1.54, 1.807) is 30.3 Å². The van der Waals surface area contributed by atoms with Gasteiger partial charge < -0.3 is 9.84 Å². The molecule has 3 aromatic carbocycles. The third kappa shape index (κ3) is 4.25. The van der Waals surface area contributed by atoms with Crippen molar-refractivity contribution in [2.45, 2.75) is 6.92 Å². The van der Waals surface area contributed by atoms with Crippen LogP contribution in [0.25, 0.3) is 10.8 Å². The van der Waals surface area contributed by atoms with Gasteiger partial charge in [0.25, 0.3) is 0 Å². The molecule has 1 N–H and O–H groups in total. The molecular formula is C22H15F4NO4. The highest BCUT2D eigenvalue weighted by molar-refractivity contribution is 6.19. The molecule has 0 heterocycles. The van der Waals surface area contributed by atoms with E-state index in [4.69, 9.17) is 4.74 Å². The first-order valence-electron chi connectivity index (χ1n) is 9.05. The average molecular weight is 433 g/mol. The normalized spacial score (nSPS) is 12.3. The summed E-state index contributed by atoms with van der Waals surface area (Å²) < 4.78 is 59.2. The number of fused-ring (bicyclic) bond motifs is 1. The van der Waals surface area contributed by atoms with Crippen molar-refractivity contribution in [1.29, 1.82) is 0 Å². The molecule has 0 aromatic heterocycles. The van der Waals surface area contributed by atoms with Crippen molar-refractivity contribution < 1.29 is 37.0 Å². The molecule has 0 aliphatic heterocycles. The molecule has 0 aliphatic carbocycles. The van der Waals surface area contributed by atoms with Gasteiger partial charge in [-0.3, -0.25) is 14.6 Å². The number of esters is 1. The molecular weight excluding hydrogens is 418 g/mol. The fourth-order valence-electron chi connectivity index (χ4n) is 2.92. The summed E-state index contributed by atoms with van der Waals surface area (Å²) in [6.45, 7) is 1.30. The van der Waals surface area contributed by atoms with Gasteiger partial charge in [-0.2, -0.15) is 0 Å². The monoisotopic (exact) mass is 433 g/mol. The molecule has 0 radical (unpaired) electrons. The first-order valence-corrected chi connectivity index (χ1v) is 9.05. The Labute approximate surface area is 173 Å². The van der Waals surface area contributed by atoms with Gasteiger partial charge in [-0.05, 0) is 24.4 Å². The molecule has 5 nitrogen and oxygen atoms in total. The van der Waals surface area contributed by atoms with Gasteiger partial charge in [-0.1, -0.05) is 30.3 Å². The van der Waals surface area contributed by atoms with Gasteiger partial charge in [0.2, 0.25) is 0 Å². The Bertz CT molecular complexity index is 1210. The van der Waals surface area contributed by atoms with Crippen LogP contribution < -0.4 is 0 Å². The first kappa shape index (κ1) is 21.9. The smallest absolute Gasteiger partial charge is 0.322 e. The lowest BCUT2D eigenvalue weighted by molar-refractivity contribution is -0.143. The number of halogens is 4. The van der Waals surface area contributed by atoms with E-state index in [2.05, 4.69) is 4.99 Å². The number of Topliss-reactive ketones (excluding diaryl/α,β-unsaturated/α-hetero) is 1. The van der Waals surface area contributed by atoms with Crippen LogP contribution in [0.15, 0.2) is 47.5 Å². The average Bonchev–Trinajstić information content (AvgIpc) is 2.76. The summed E-state index contributed by atoms with van der Waals surface area (Å²) >= 11 is 0. The van der Waals surface area contributed by atoms with Crippen LogP contribution in [0.2, 0.25) is 0 Å². The molecule has 9 heteroatoms. The summed E-state index contributed by atoms with van der Waals surface area (Å²) in [7, 11) is 0. The maximum absolute atomic E-state index is 14.1. The lowest BCUT2D eigenvalue weighted by Gasteiger charge is -2.12. The zero-order valence-corrected chi connectivity index (χ0v) is 16.0. The number of hydrogen-bond donors (Lipinski definition) is 1. The summed E-state index contributed by atoms with van der Waals surface area (Å²) in [6.07, 6.45) is 0.778. The predicted molar refractivity (Wildman–Crippen MR) is 104 cm³/mol. The molecule has 0 spiro atoms. The Hall–Kier alpha value is -3.75. The van der Waals surface area contributed by atoms with Gasteiger partial charge in [0.15, 0.2) is 35.0 Å². The molecule has 31 heavy (non-hydrogen) atoms. The Morgan fingerprint density at radius 3 is 2.48 bits per heavy atom. The molecule has 0 bridgehead atoms. The minimum Gasteiger partial charge on any atom is -0.506 e. The Morgan fingerprint density at radius 2 is 1.77 bits per heavy atom. The number of carbonyl (C=O) groups excluding carboxylic acids is 2. The number of nitrogens with zero attached hydrogens (tertiary/aromatic N) is 1. The summed E-state index contributed by atoms with van der Waals surface area (Å²) in [4.78, 5) is 29.0. The molecule has 3 rings (SSSR count). The summed E-state index contributed by atoms with van der Waals surface area (Å²) in [5.74, 6) is -12.7. The maximum Gasteiger partial charge on any atom is 0.322 e. The van der Waals surface area contributed by atoms with Crippen LogP contribution in [-0.4, -0.2) is 29.7 Å². The Kier molecular flexibility index (Phi) is 6.33. The van der Waals surface area contributed by atoms with Crippen molar-refractivity contribution in [3.63, 3.8) is 0 Å². The second kappa shape index (κ2) is 8.95. The zero-order chi connectivity index (χ0) is 22.7. The van der Waals surface area contributed by atoms with E-state index in [1.807, 2.05) is 0 Å². The highest BCUT2D eigenvalue weighted by atomic mass is 19.2. The summed E-state index contributed by atoms with van der Waals surface area (Å²) in [5, 5.41) is 11.3. The highest BCUT2D eigenvalue weighted by Gasteiger charge is 2.32. The van der Waals surface area contributed by atoms with Gasteiger partial charge in [-0.25, -0.2) is 17.6 Å². The minimum absolute atomic E-state index is 0.0112. The molecule has 1 unspecified atom stereocenters. The number of hydrogen-bond acceptors (Lipinski definition) is 5. The van der Waals surface area contributed by atoms with Gasteiger partial charge in [0.1, 0.15) is 11.4 Å². The molecule has 0 aliphatic rings. The molecule has 160 valence electrons. The van der Waals surface area contributed by atoms with E-state index < -0.39 is 46.5 Å². The van der Waals surface area contributed by atoms with Gasteiger partial charge >= 0.3 is 5.97 Å². The largest absolute Gasteiger partial charge is 0.506 e. The van der Waals surface area contributed by atoms with Crippen LogP contribution in [0.5, 0.6) is 5.75 Å². The molecule has 3 aromatic rings. The third-order valence-corrected chi connectivity index (χ3v) is 4.42. The van der Waals surface area contributed by atoms with Crippen molar-refractivity contribution in [2.75, 3.05) is 6.61 Å². The van der Waals surface area contributed by atoms with Crippen LogP contribution in [0.4, 0.5) is 23.2 Å². The highest BCUT2D eigenvalue weighted by Crippen LogP contribution is 2.35. The molecule has 0 saturated carbocycles. The quantitative estimate of drug-likeness (QED) is 0.115. The second-order valence-electron chi connectivity index (χ2n) is 6.37. The lowest BCUT2D eigenvalue weighted by atomic mass is 9.97. The number of carbonyl (C=O) groups is 2. The van der Waals surface area contributed by atoms with Crippen molar-refractivity contribution in [2.24, 2.45) is 10.9 Å². The van der Waals surface area contributed by atoms with Crippen LogP contribution in [-0.2, 0) is 9.53 Å². The number of phenols is 1. The molecule has 0 fully saturated rings. The SMILES string of the molecule is CCOC(=O)C(C=Nc1c(O)ccc2ccccc12)C(=O)c1cc(F)c(F)c(F)c1F. The minimum atomic E-state index is -2.19. The Morgan fingerprint density at radius 1 is 1.06 bits per heavy atom. The number of rotatable bonds is 6. The van der Waals surface area contributed by atoms with Crippen LogP contribution in [0.3, 0.4) is 0 Å². The molecule has 1 atom stereocenters. The fraction of sp³-hybridized carbons (Fsp3) is 0.136. The fourth-order valence-corrected chi connectivity index (χ4v) is 2.92. The van der Waals surface area contributed by atoms with Crippen LogP contribution in [0, 0.1) is 29.2 Å². The van der Waals surface area contributed by atoms with E-state index in [-0.39, 0.29) is 24.1 Å². The van der Waals surface area contributed by atoms with E-state index in [1.165, 1.54) is 13.0 Å². The molecule has 0 saturated heterocycles. The number of ether oxygens (including phenoxy) is 1. The third-order valence-electron chi connectivity index (χ3n) is 4.42. The number of aliphatic imine (C=N–C) groups is 1. The van der Waals surface area contributed by atoms with E-state index in [9.17, 15) is 32.3 Å². The summed E-state index contributed by atoms with van der Waals surface area (Å²) in [5.41, 5.74) is -1.17. The van der Waals surface area contributed by atoms with Crippen LogP contribution in [0.1, 0.15) is 17.3 Å². The first-order chi connectivity index (χ1) is 14.8. The topological polar surface area (TPSA) is 76.0 Å². The second-order valence-corrected chi connectivity index (χ2v) is 6.37. The lowest BCUT2D eigenvalue weighted by Crippen LogP contribution is -2.29. The van der Waals surface area contributed by atoms with E-state index in [0.29, 0.717) is 10.8 Å². The van der Waals surface area contributed by atoms with Crippen LogP contribution >= 0.6 is 0 Å². The predicted octanol–water partition coefficient (Wildman–Crippen LogP) is 4.87. The number of aromatic hydroxyl groups is 1. The van der Waals surface area contributed by atoms with E-state index in [0.717, 1.165) is 6.21 Å². The van der Waals surface area contributed by atoms with Crippen molar-refractivity contribution in [3.8, 4) is 5.75 Å². The molecule has 0 amide bonds. The number of phenolic OH excluding ortho intramolecular Hbond substituents is 1. The van der Waals surface area contributed by atoms with E-state index >= 15 is 0 Å². The van der Waals surface area contributed by atoms with Gasteiger partial charge in [0, 0.05) is 11.6 Å². The summed E-state index contributed by atoms with van der Waals surface area (Å²) in [6, 6.07) is 9.92. The standard InChI is InChI=1S/C22H15F4NO4/c1-2-31-22(30)14(21(29)13-9-15(23)18(25)19(26)17(13)24)10-27-20-12-6-4-3-5-11(12)7-8-16(20)28/h3-10,14,28H,2H2,1H3. The van der Waals surface area contributed by atoms with Crippen molar-refractivity contribution in [1.82, 2.24) is 0 Å². The maximum atomic E-state index is 14.1.